The van der Waals surface area contributed by atoms with Crippen LogP contribution in [0.2, 0.25) is 0 Å². The molecule has 6 nitrogen and oxygen atoms in total. The number of methoxy groups -OCH3 is 1. The molecule has 23 heavy (non-hydrogen) atoms. The summed E-state index contributed by atoms with van der Waals surface area (Å²) in [4.78, 5) is 0. The predicted octanol–water partition coefficient (Wildman–Crippen LogP) is 2.73. The number of aromatic nitrogens is 3. The molecule has 0 saturated carbocycles. The lowest BCUT2D eigenvalue weighted by Crippen LogP contribution is -2.07. The second-order valence-corrected chi connectivity index (χ2v) is 4.71. The number of hydrogen-bond donors (Lipinski definition) is 0. The summed E-state index contributed by atoms with van der Waals surface area (Å²) in [7, 11) is 1.60. The minimum atomic E-state index is 0.179. The molecule has 0 fully saturated rings. The van der Waals surface area contributed by atoms with E-state index in [1.807, 2.05) is 54.6 Å². The van der Waals surface area contributed by atoms with Gasteiger partial charge in [0.05, 0.1) is 12.8 Å². The van der Waals surface area contributed by atoms with Crippen molar-refractivity contribution in [3.05, 3.63) is 66.0 Å². The summed E-state index contributed by atoms with van der Waals surface area (Å²) in [5, 5.41) is 17.2. The lowest BCUT2D eigenvalue weighted by molar-refractivity contribution is 0.295. The highest BCUT2D eigenvalue weighted by Gasteiger charge is 2.14. The van der Waals surface area contributed by atoms with Gasteiger partial charge in [-0.05, 0) is 24.3 Å². The monoisotopic (exact) mass is 306 g/mol. The highest BCUT2D eigenvalue weighted by Crippen LogP contribution is 2.21. The van der Waals surface area contributed by atoms with Crippen molar-refractivity contribution in [3.8, 4) is 23.3 Å². The van der Waals surface area contributed by atoms with Crippen LogP contribution in [0.4, 0.5) is 0 Å². The Kier molecular flexibility index (Phi) is 4.20. The summed E-state index contributed by atoms with van der Waals surface area (Å²) in [6.45, 7) is 0.179. The molecular formula is C17H14N4O2. The molecule has 3 aromatic rings. The van der Waals surface area contributed by atoms with Crippen LogP contribution in [0.3, 0.4) is 0 Å². The average molecular weight is 306 g/mol. The third-order valence-electron chi connectivity index (χ3n) is 3.29. The summed E-state index contributed by atoms with van der Waals surface area (Å²) in [6.07, 6.45) is 0. The fourth-order valence-electron chi connectivity index (χ4n) is 2.14. The Morgan fingerprint density at radius 1 is 1.09 bits per heavy atom. The molecule has 1 heterocycles. The molecule has 3 rings (SSSR count). The Bertz CT molecular complexity index is 837. The molecule has 2 aromatic carbocycles. The van der Waals surface area contributed by atoms with Crippen molar-refractivity contribution in [2.75, 3.05) is 7.11 Å². The van der Waals surface area contributed by atoms with Crippen LogP contribution >= 0.6 is 0 Å². The number of nitrogens with zero attached hydrogens (tertiary/aromatic N) is 4. The number of ether oxygens (including phenoxy) is 2. The average Bonchev–Trinajstić information content (AvgIpc) is 3.04. The van der Waals surface area contributed by atoms with Crippen LogP contribution in [0.25, 0.3) is 5.69 Å². The van der Waals surface area contributed by atoms with Gasteiger partial charge in [0.25, 0.3) is 0 Å². The van der Waals surface area contributed by atoms with E-state index in [1.54, 1.807) is 17.9 Å². The van der Waals surface area contributed by atoms with Gasteiger partial charge < -0.3 is 9.47 Å². The van der Waals surface area contributed by atoms with E-state index in [0.29, 0.717) is 17.2 Å². The molecule has 114 valence electrons. The standard InChI is InChI=1S/C17H14N4O2/c1-22-14-8-5-9-15(10-14)23-12-17-16(11-18)19-20-21(17)13-6-3-2-4-7-13/h2-10H,12H2,1H3. The van der Waals surface area contributed by atoms with Crippen LogP contribution in [0.15, 0.2) is 54.6 Å². The largest absolute Gasteiger partial charge is 0.497 e. The van der Waals surface area contributed by atoms with Gasteiger partial charge in [-0.1, -0.05) is 29.5 Å². The maximum Gasteiger partial charge on any atom is 0.189 e. The first kappa shape index (κ1) is 14.6. The van der Waals surface area contributed by atoms with Gasteiger partial charge in [0.1, 0.15) is 29.9 Å². The van der Waals surface area contributed by atoms with Crippen LogP contribution in [-0.2, 0) is 6.61 Å². The summed E-state index contributed by atoms with van der Waals surface area (Å²) in [5.41, 5.74) is 1.67. The normalized spacial score (nSPS) is 10.1. The van der Waals surface area contributed by atoms with Crippen molar-refractivity contribution in [1.29, 1.82) is 5.26 Å². The minimum absolute atomic E-state index is 0.179. The quantitative estimate of drug-likeness (QED) is 0.724. The van der Waals surface area contributed by atoms with E-state index < -0.39 is 0 Å². The van der Waals surface area contributed by atoms with Gasteiger partial charge >= 0.3 is 0 Å². The Morgan fingerprint density at radius 2 is 1.87 bits per heavy atom. The molecule has 0 N–H and O–H groups in total. The SMILES string of the molecule is COc1cccc(OCc2c(C#N)nnn2-c2ccccc2)c1. The van der Waals surface area contributed by atoms with Crippen molar-refractivity contribution in [2.24, 2.45) is 0 Å². The lowest BCUT2D eigenvalue weighted by Gasteiger charge is -2.09. The molecule has 0 bridgehead atoms. The maximum absolute atomic E-state index is 9.22. The van der Waals surface area contributed by atoms with E-state index in [2.05, 4.69) is 10.3 Å². The van der Waals surface area contributed by atoms with Crippen molar-refractivity contribution in [3.63, 3.8) is 0 Å². The second kappa shape index (κ2) is 6.62. The Labute approximate surface area is 133 Å². The maximum atomic E-state index is 9.22. The van der Waals surface area contributed by atoms with Crippen molar-refractivity contribution in [2.45, 2.75) is 6.61 Å². The molecule has 0 saturated heterocycles. The molecule has 0 aliphatic heterocycles. The van der Waals surface area contributed by atoms with Gasteiger partial charge in [0, 0.05) is 6.07 Å². The summed E-state index contributed by atoms with van der Waals surface area (Å²) in [6, 6.07) is 18.8. The van der Waals surface area contributed by atoms with E-state index in [0.717, 1.165) is 5.69 Å². The highest BCUT2D eigenvalue weighted by molar-refractivity contribution is 5.37. The van der Waals surface area contributed by atoms with E-state index in [9.17, 15) is 5.26 Å². The fourth-order valence-corrected chi connectivity index (χ4v) is 2.14. The molecule has 0 spiro atoms. The second-order valence-electron chi connectivity index (χ2n) is 4.71. The third kappa shape index (κ3) is 3.14. The lowest BCUT2D eigenvalue weighted by atomic mass is 10.3. The van der Waals surface area contributed by atoms with Gasteiger partial charge in [-0.25, -0.2) is 4.68 Å². The molecule has 6 heteroatoms. The Morgan fingerprint density at radius 3 is 2.61 bits per heavy atom. The van der Waals surface area contributed by atoms with Crippen LogP contribution < -0.4 is 9.47 Å². The summed E-state index contributed by atoms with van der Waals surface area (Å²) < 4.78 is 12.5. The number of nitriles is 1. The first-order valence-corrected chi connectivity index (χ1v) is 6.99. The van der Waals surface area contributed by atoms with Gasteiger partial charge in [0.2, 0.25) is 0 Å². The predicted molar refractivity (Wildman–Crippen MR) is 83.4 cm³/mol. The Hall–Kier alpha value is -3.33. The number of para-hydroxylation sites is 1. The molecule has 0 atom stereocenters. The first-order valence-electron chi connectivity index (χ1n) is 6.99. The molecule has 0 aliphatic rings. The molecule has 0 radical (unpaired) electrons. The molecular weight excluding hydrogens is 292 g/mol. The van der Waals surface area contributed by atoms with Crippen molar-refractivity contribution < 1.29 is 9.47 Å². The topological polar surface area (TPSA) is 73.0 Å². The smallest absolute Gasteiger partial charge is 0.189 e. The molecule has 1 aromatic heterocycles. The molecule has 0 amide bonds. The number of hydrogen-bond acceptors (Lipinski definition) is 5. The van der Waals surface area contributed by atoms with Gasteiger partial charge in [0.15, 0.2) is 5.69 Å². The Balaban J connectivity index is 1.87. The molecule has 0 unspecified atom stereocenters. The van der Waals surface area contributed by atoms with Crippen LogP contribution in [0.1, 0.15) is 11.4 Å². The number of benzene rings is 2. The van der Waals surface area contributed by atoms with Crippen molar-refractivity contribution >= 4 is 0 Å². The van der Waals surface area contributed by atoms with Crippen LogP contribution in [0, 0.1) is 11.3 Å². The van der Waals surface area contributed by atoms with Crippen molar-refractivity contribution in [1.82, 2.24) is 15.0 Å². The van der Waals surface area contributed by atoms with E-state index in [-0.39, 0.29) is 12.3 Å². The number of rotatable bonds is 5. The zero-order valence-corrected chi connectivity index (χ0v) is 12.5. The van der Waals surface area contributed by atoms with Crippen LogP contribution in [0.5, 0.6) is 11.5 Å². The van der Waals surface area contributed by atoms with Crippen LogP contribution in [-0.4, -0.2) is 22.1 Å². The van der Waals surface area contributed by atoms with Gasteiger partial charge in [-0.15, -0.1) is 5.10 Å². The third-order valence-corrected chi connectivity index (χ3v) is 3.29. The molecule has 0 aliphatic carbocycles. The summed E-state index contributed by atoms with van der Waals surface area (Å²) in [5.74, 6) is 1.35. The first-order chi connectivity index (χ1) is 11.3. The highest BCUT2D eigenvalue weighted by atomic mass is 16.5. The van der Waals surface area contributed by atoms with E-state index in [4.69, 9.17) is 9.47 Å². The minimum Gasteiger partial charge on any atom is -0.497 e. The van der Waals surface area contributed by atoms with Gasteiger partial charge in [-0.2, -0.15) is 5.26 Å². The zero-order valence-electron chi connectivity index (χ0n) is 12.5. The van der Waals surface area contributed by atoms with E-state index in [1.165, 1.54) is 0 Å². The fraction of sp³-hybridized carbons (Fsp3) is 0.118. The van der Waals surface area contributed by atoms with Gasteiger partial charge in [-0.3, -0.25) is 0 Å². The zero-order chi connectivity index (χ0) is 16.1. The summed E-state index contributed by atoms with van der Waals surface area (Å²) >= 11 is 0. The van der Waals surface area contributed by atoms with E-state index >= 15 is 0 Å².